The van der Waals surface area contributed by atoms with Crippen molar-refractivity contribution in [3.8, 4) is 0 Å². The van der Waals surface area contributed by atoms with Gasteiger partial charge in [0, 0.05) is 17.1 Å². The van der Waals surface area contributed by atoms with Gasteiger partial charge in [-0.1, -0.05) is 0 Å². The Morgan fingerprint density at radius 1 is 1.33 bits per heavy atom. The van der Waals surface area contributed by atoms with E-state index in [0.29, 0.717) is 0 Å². The molecule has 3 aliphatic rings. The summed E-state index contributed by atoms with van der Waals surface area (Å²) in [6.07, 6.45) is 4.09. The van der Waals surface area contributed by atoms with Crippen LogP contribution in [0.15, 0.2) is 0 Å². The van der Waals surface area contributed by atoms with Gasteiger partial charge < -0.3 is 4.74 Å². The molecule has 3 aliphatic heterocycles. The summed E-state index contributed by atoms with van der Waals surface area (Å²) in [6.45, 7) is 2.02. The maximum absolute atomic E-state index is 5.40. The van der Waals surface area contributed by atoms with Gasteiger partial charge in [-0.25, -0.2) is 0 Å². The average molecular weight is 144 g/mol. The summed E-state index contributed by atoms with van der Waals surface area (Å²) in [5.41, 5.74) is 0. The van der Waals surface area contributed by atoms with E-state index in [0.717, 1.165) is 23.7 Å². The fourth-order valence-electron chi connectivity index (χ4n) is 1.48. The molecule has 0 N–H and O–H groups in total. The van der Waals surface area contributed by atoms with Crippen LogP contribution in [0.3, 0.4) is 0 Å². The number of hydrogen-bond donors (Lipinski definition) is 0. The van der Waals surface area contributed by atoms with Gasteiger partial charge in [0.05, 0.1) is 6.61 Å². The van der Waals surface area contributed by atoms with Gasteiger partial charge in [-0.05, 0) is 19.3 Å². The third-order valence-electron chi connectivity index (χ3n) is 2.03. The molecule has 3 fully saturated rings. The van der Waals surface area contributed by atoms with Crippen molar-refractivity contribution in [3.63, 3.8) is 0 Å². The molecule has 2 unspecified atom stereocenters. The largest absolute Gasteiger partial charge is 0.380 e. The predicted molar refractivity (Wildman–Crippen MR) is 39.8 cm³/mol. The number of rotatable bonds is 0. The van der Waals surface area contributed by atoms with Gasteiger partial charge in [-0.15, -0.1) is 0 Å². The topological polar surface area (TPSA) is 9.23 Å². The van der Waals surface area contributed by atoms with E-state index in [2.05, 4.69) is 11.8 Å². The van der Waals surface area contributed by atoms with Gasteiger partial charge in [0.1, 0.15) is 0 Å². The van der Waals surface area contributed by atoms with Crippen LogP contribution in [0.1, 0.15) is 19.3 Å². The van der Waals surface area contributed by atoms with Crippen LogP contribution in [0.25, 0.3) is 0 Å². The minimum Gasteiger partial charge on any atom is -0.380 e. The number of ether oxygens (including phenoxy) is 1. The molecule has 0 aromatic carbocycles. The SMILES string of the molecule is C1COCC2CC(C1)S2. The summed E-state index contributed by atoms with van der Waals surface area (Å²) in [5, 5.41) is 1.86. The lowest BCUT2D eigenvalue weighted by Crippen LogP contribution is -2.33. The van der Waals surface area contributed by atoms with Crippen LogP contribution in [-0.4, -0.2) is 23.7 Å². The highest BCUT2D eigenvalue weighted by Crippen LogP contribution is 2.40. The zero-order chi connectivity index (χ0) is 6.10. The van der Waals surface area contributed by atoms with Crippen LogP contribution in [0.5, 0.6) is 0 Å². The van der Waals surface area contributed by atoms with Crippen molar-refractivity contribution >= 4 is 11.8 Å². The highest BCUT2D eigenvalue weighted by atomic mass is 32.2. The summed E-state index contributed by atoms with van der Waals surface area (Å²) < 4.78 is 5.40. The van der Waals surface area contributed by atoms with E-state index in [1.54, 1.807) is 0 Å². The number of thioether (sulfide) groups is 1. The first-order valence-electron chi connectivity index (χ1n) is 3.68. The molecule has 0 aromatic heterocycles. The molecule has 3 saturated heterocycles. The molecule has 2 atom stereocenters. The molecule has 52 valence electrons. The quantitative estimate of drug-likeness (QED) is 0.511. The van der Waals surface area contributed by atoms with Gasteiger partial charge in [-0.3, -0.25) is 0 Å². The van der Waals surface area contributed by atoms with Crippen LogP contribution >= 0.6 is 11.8 Å². The van der Waals surface area contributed by atoms with Gasteiger partial charge in [0.25, 0.3) is 0 Å². The van der Waals surface area contributed by atoms with E-state index in [4.69, 9.17) is 4.74 Å². The summed E-state index contributed by atoms with van der Waals surface area (Å²) >= 11 is 2.12. The molecule has 0 aromatic rings. The first kappa shape index (κ1) is 6.05. The Morgan fingerprint density at radius 3 is 3.11 bits per heavy atom. The summed E-state index contributed by atoms with van der Waals surface area (Å²) in [6, 6.07) is 0. The Kier molecular flexibility index (Phi) is 1.68. The highest BCUT2D eigenvalue weighted by molar-refractivity contribution is 8.01. The predicted octanol–water partition coefficient (Wildman–Crippen LogP) is 1.67. The molecule has 2 heteroatoms. The maximum Gasteiger partial charge on any atom is 0.0585 e. The smallest absolute Gasteiger partial charge is 0.0585 e. The van der Waals surface area contributed by atoms with Crippen LogP contribution in [0.4, 0.5) is 0 Å². The van der Waals surface area contributed by atoms with Crippen molar-refractivity contribution in [1.82, 2.24) is 0 Å². The highest BCUT2D eigenvalue weighted by Gasteiger charge is 2.30. The van der Waals surface area contributed by atoms with Crippen molar-refractivity contribution in [2.24, 2.45) is 0 Å². The Hall–Kier alpha value is 0.310. The minimum atomic E-state index is 0.857. The monoisotopic (exact) mass is 144 g/mol. The van der Waals surface area contributed by atoms with Gasteiger partial charge in [-0.2, -0.15) is 11.8 Å². The van der Waals surface area contributed by atoms with E-state index in [1.165, 1.54) is 19.3 Å². The second-order valence-corrected chi connectivity index (χ2v) is 4.44. The Balaban J connectivity index is 1.85. The Morgan fingerprint density at radius 2 is 2.22 bits per heavy atom. The molecule has 9 heavy (non-hydrogen) atoms. The minimum absolute atomic E-state index is 0.857. The zero-order valence-corrected chi connectivity index (χ0v) is 6.32. The zero-order valence-electron chi connectivity index (χ0n) is 5.51. The number of hydrogen-bond acceptors (Lipinski definition) is 2. The van der Waals surface area contributed by atoms with Crippen molar-refractivity contribution in [2.45, 2.75) is 29.8 Å². The lowest BCUT2D eigenvalue weighted by atomic mass is 10.1. The first-order chi connectivity index (χ1) is 4.45. The molecule has 0 spiro atoms. The third-order valence-corrected chi connectivity index (χ3v) is 3.56. The average Bonchev–Trinajstić information content (AvgIpc) is 1.54. The summed E-state index contributed by atoms with van der Waals surface area (Å²) in [7, 11) is 0. The molecule has 3 rings (SSSR count). The Labute approximate surface area is 60.2 Å². The fraction of sp³-hybridized carbons (Fsp3) is 1.00. The maximum atomic E-state index is 5.40. The molecule has 0 amide bonds. The fourth-order valence-corrected chi connectivity index (χ4v) is 2.83. The molecule has 0 radical (unpaired) electrons. The molecule has 2 bridgehead atoms. The van der Waals surface area contributed by atoms with Gasteiger partial charge >= 0.3 is 0 Å². The number of fused-ring (bicyclic) bond motifs is 4. The third kappa shape index (κ3) is 1.24. The molecule has 3 heterocycles. The van der Waals surface area contributed by atoms with Gasteiger partial charge in [0.15, 0.2) is 0 Å². The summed E-state index contributed by atoms with van der Waals surface area (Å²) in [4.78, 5) is 0. The van der Waals surface area contributed by atoms with Crippen molar-refractivity contribution in [3.05, 3.63) is 0 Å². The molecule has 0 aliphatic carbocycles. The van der Waals surface area contributed by atoms with E-state index in [1.807, 2.05) is 0 Å². The van der Waals surface area contributed by atoms with E-state index in [9.17, 15) is 0 Å². The van der Waals surface area contributed by atoms with Crippen molar-refractivity contribution in [2.75, 3.05) is 13.2 Å². The van der Waals surface area contributed by atoms with Crippen molar-refractivity contribution in [1.29, 1.82) is 0 Å². The lowest BCUT2D eigenvalue weighted by Gasteiger charge is -2.36. The van der Waals surface area contributed by atoms with Crippen LogP contribution < -0.4 is 0 Å². The van der Waals surface area contributed by atoms with Crippen molar-refractivity contribution < 1.29 is 4.74 Å². The van der Waals surface area contributed by atoms with Crippen LogP contribution in [-0.2, 0) is 4.74 Å². The molecular weight excluding hydrogens is 132 g/mol. The van der Waals surface area contributed by atoms with Crippen LogP contribution in [0.2, 0.25) is 0 Å². The lowest BCUT2D eigenvalue weighted by molar-refractivity contribution is 0.115. The molecular formula is C7H12OS. The second-order valence-electron chi connectivity index (χ2n) is 2.83. The Bertz CT molecular complexity index is 83.6. The molecule has 0 saturated carbocycles. The standard InChI is InChI=1S/C7H12OS/c1-2-6-4-7(9-6)5-8-3-1/h6-7H,1-5H2. The second kappa shape index (κ2) is 2.51. The van der Waals surface area contributed by atoms with E-state index in [-0.39, 0.29) is 0 Å². The molecule has 1 nitrogen and oxygen atoms in total. The summed E-state index contributed by atoms with van der Waals surface area (Å²) in [5.74, 6) is 0. The van der Waals surface area contributed by atoms with E-state index < -0.39 is 0 Å². The first-order valence-corrected chi connectivity index (χ1v) is 4.62. The van der Waals surface area contributed by atoms with E-state index >= 15 is 0 Å². The normalized spacial score (nSPS) is 42.7. The van der Waals surface area contributed by atoms with Gasteiger partial charge in [0.2, 0.25) is 0 Å². The van der Waals surface area contributed by atoms with Crippen LogP contribution in [0, 0.1) is 0 Å².